The van der Waals surface area contributed by atoms with Gasteiger partial charge in [0.15, 0.2) is 0 Å². The third-order valence-corrected chi connectivity index (χ3v) is 37.6. The third-order valence-electron chi connectivity index (χ3n) is 15.1. The zero-order chi connectivity index (χ0) is 45.2. The van der Waals surface area contributed by atoms with Gasteiger partial charge in [0.05, 0.1) is 0 Å². The average molecular weight is 990 g/mol. The zero-order valence-corrected chi connectivity index (χ0v) is 43.7. The van der Waals surface area contributed by atoms with Gasteiger partial charge < -0.3 is 0 Å². The van der Waals surface area contributed by atoms with Gasteiger partial charge in [0.25, 0.3) is 0 Å². The van der Waals surface area contributed by atoms with Crippen molar-refractivity contribution in [1.82, 2.24) is 0 Å². The second kappa shape index (κ2) is 17.2. The van der Waals surface area contributed by atoms with Gasteiger partial charge >= 0.3 is 405 Å². The Balaban J connectivity index is 1.30. The van der Waals surface area contributed by atoms with Gasteiger partial charge in [-0.25, -0.2) is 0 Å². The molecule has 2 aliphatic carbocycles. The first-order chi connectivity index (χ1) is 32.2. The van der Waals surface area contributed by atoms with Crippen molar-refractivity contribution in [3.63, 3.8) is 0 Å². The summed E-state index contributed by atoms with van der Waals surface area (Å²) in [5.74, 6) is 0. The fourth-order valence-electron chi connectivity index (χ4n) is 12.3. The molecule has 0 spiro atoms. The number of hydrogen-bond donors (Lipinski definition) is 0. The van der Waals surface area contributed by atoms with Crippen LogP contribution in [0.4, 0.5) is 0 Å². The summed E-state index contributed by atoms with van der Waals surface area (Å²) >= 11 is -6.00. The summed E-state index contributed by atoms with van der Waals surface area (Å²) in [6.45, 7) is 9.10. The summed E-state index contributed by atoms with van der Waals surface area (Å²) in [5, 5.41) is 2.90. The number of fused-ring (bicyclic) bond motifs is 5. The van der Waals surface area contributed by atoms with E-state index in [9.17, 15) is 17.0 Å². The first-order valence-electron chi connectivity index (χ1n) is 24.0. The van der Waals surface area contributed by atoms with Crippen molar-refractivity contribution >= 4 is 63.5 Å². The molecule has 2 atom stereocenters. The van der Waals surface area contributed by atoms with Gasteiger partial charge in [0.2, 0.25) is 0 Å². The molecule has 0 saturated carbocycles. The van der Waals surface area contributed by atoms with Gasteiger partial charge in [-0.05, 0) is 0 Å². The first kappa shape index (κ1) is 43.5. The molecule has 0 amide bonds. The van der Waals surface area contributed by atoms with E-state index < -0.39 is 25.9 Å². The van der Waals surface area contributed by atoms with Gasteiger partial charge in [0.1, 0.15) is 0 Å². The molecule has 0 nitrogen and oxygen atoms in total. The molecule has 1 heterocycles. The average Bonchev–Trinajstić information content (AvgIpc) is 4.06. The Bertz CT molecular complexity index is 3100. The van der Waals surface area contributed by atoms with Crippen LogP contribution in [-0.2, 0) is 29.2 Å². The van der Waals surface area contributed by atoms with Crippen LogP contribution in [0.3, 0.4) is 0 Å². The third kappa shape index (κ3) is 6.85. The molecule has 325 valence electrons. The molecule has 0 saturated heterocycles. The van der Waals surface area contributed by atoms with Crippen LogP contribution in [0.15, 0.2) is 176 Å². The molecule has 0 bridgehead atoms. The van der Waals surface area contributed by atoms with Crippen molar-refractivity contribution in [3.05, 3.63) is 232 Å². The molecule has 11 rings (SSSR count). The quantitative estimate of drug-likeness (QED) is 0.113. The molecular weight excluding hydrogens is 935 g/mol. The van der Waals surface area contributed by atoms with E-state index in [0.29, 0.717) is 0 Å². The monoisotopic (exact) mass is 987 g/mol. The molecule has 1 aliphatic heterocycles. The van der Waals surface area contributed by atoms with Crippen molar-refractivity contribution < 1.29 is 16.4 Å². The number of allylic oxidation sites excluding steroid dienone is 2. The van der Waals surface area contributed by atoms with Gasteiger partial charge in [0, 0.05) is 0 Å². The van der Waals surface area contributed by atoms with E-state index in [-0.39, 0.29) is 7.25 Å². The van der Waals surface area contributed by atoms with E-state index in [1.165, 1.54) is 114 Å². The van der Waals surface area contributed by atoms with E-state index in [4.69, 9.17) is 0 Å². The number of benzene rings is 8. The van der Waals surface area contributed by atoms with Crippen LogP contribution in [0.2, 0.25) is 0 Å². The Kier molecular flexibility index (Phi) is 11.3. The van der Waals surface area contributed by atoms with Crippen LogP contribution in [0.1, 0.15) is 89.6 Å². The summed E-state index contributed by atoms with van der Waals surface area (Å²) in [7, 11) is 18.4. The Morgan fingerprint density at radius 1 is 0.455 bits per heavy atom. The molecular formula is C62H55Cl2SiZr. The molecule has 0 aromatic heterocycles. The van der Waals surface area contributed by atoms with Gasteiger partial charge in [-0.1, -0.05) is 0 Å². The first-order valence-corrected chi connectivity index (χ1v) is 35.8. The van der Waals surface area contributed by atoms with E-state index in [0.717, 1.165) is 25.7 Å². The van der Waals surface area contributed by atoms with Crippen molar-refractivity contribution in [2.45, 2.75) is 60.6 Å². The summed E-state index contributed by atoms with van der Waals surface area (Å²) in [5.41, 5.74) is 23.1. The van der Waals surface area contributed by atoms with E-state index in [2.05, 4.69) is 216 Å². The summed E-state index contributed by atoms with van der Waals surface area (Å²) in [6, 6.07) is 65.8. The van der Waals surface area contributed by atoms with Crippen LogP contribution in [0.5, 0.6) is 0 Å². The number of rotatable bonds is 11. The Labute approximate surface area is 402 Å². The Morgan fingerprint density at radius 3 is 1.38 bits per heavy atom. The number of hydrogen-bond acceptors (Lipinski definition) is 0. The molecule has 8 aromatic rings. The minimum atomic E-state index is -6.00. The van der Waals surface area contributed by atoms with Crippen LogP contribution in [-0.4, -0.2) is 9.52 Å². The fraction of sp³-hybridized carbons (Fsp3) is 0.161. The SMILES string of the molecule is CCCc1ccc2c(c1-c1ccccc1C)C=C(c1ccccc1)[CH]2[Zr]([Cl])([Cl])([c]1cccc2c1[SiH2]c1ccccc1-2)[CH]1C(c2ccccc2)=Cc2c1ccc(CCC)c2-c1ccccc1C. The number of aryl methyl sites for hydroxylation is 4. The van der Waals surface area contributed by atoms with Crippen LogP contribution in [0, 0.1) is 13.8 Å². The predicted molar refractivity (Wildman–Crippen MR) is 286 cm³/mol. The van der Waals surface area contributed by atoms with Crippen LogP contribution >= 0.6 is 17.0 Å². The second-order valence-electron chi connectivity index (χ2n) is 19.0. The molecule has 4 heteroatoms. The Hall–Kier alpha value is -5.08. The van der Waals surface area contributed by atoms with E-state index in [1.54, 1.807) is 0 Å². The van der Waals surface area contributed by atoms with Crippen molar-refractivity contribution in [3.8, 4) is 33.4 Å². The van der Waals surface area contributed by atoms with Crippen LogP contribution < -0.4 is 13.6 Å². The molecule has 0 fully saturated rings. The van der Waals surface area contributed by atoms with Gasteiger partial charge in [-0.15, -0.1) is 0 Å². The van der Waals surface area contributed by atoms with Gasteiger partial charge in [-0.3, -0.25) is 0 Å². The minimum absolute atomic E-state index is 0.268. The maximum atomic E-state index is 9.68. The summed E-state index contributed by atoms with van der Waals surface area (Å²) in [4.78, 5) is 0. The summed E-state index contributed by atoms with van der Waals surface area (Å²) in [6.07, 6.45) is 9.13. The van der Waals surface area contributed by atoms with Crippen molar-refractivity contribution in [2.24, 2.45) is 0 Å². The molecule has 2 unspecified atom stereocenters. The molecule has 0 radical (unpaired) electrons. The molecule has 8 aromatic carbocycles. The molecule has 0 N–H and O–H groups in total. The summed E-state index contributed by atoms with van der Waals surface area (Å²) < 4.78 is 0.704. The standard InChI is InChI=1S/2C25H23.C12H9Si.2ClH.Zr/c2*1-3-9-20-14-15-21-16-22(19-11-5-4-6-12-19)17-24(21)25(20)23-13-8-7-10-18(23)2;1-3-7-11-9(5-1)10-6-2-4-8-12(10)13-11;;;/h2*4-8,10-17H,3,9H2,1-2H3;1-7H,13H2;2*1H;/q;;;;;+2/p-2. The molecule has 3 aliphatic rings. The zero-order valence-electron chi connectivity index (χ0n) is 38.3. The molecule has 66 heavy (non-hydrogen) atoms. The fourth-order valence-corrected chi connectivity index (χ4v) is 39.3. The predicted octanol–water partition coefficient (Wildman–Crippen LogP) is 14.9. The second-order valence-corrected chi connectivity index (χ2v) is 41.4. The maximum absolute atomic E-state index is 9.68. The van der Waals surface area contributed by atoms with Gasteiger partial charge in [-0.2, -0.15) is 0 Å². The topological polar surface area (TPSA) is 0 Å². The normalized spacial score (nSPS) is 16.8. The van der Waals surface area contributed by atoms with E-state index in [1.807, 2.05) is 0 Å². The Morgan fingerprint density at radius 2 is 0.894 bits per heavy atom. The number of halogens is 2. The van der Waals surface area contributed by atoms with Crippen molar-refractivity contribution in [1.29, 1.82) is 0 Å². The van der Waals surface area contributed by atoms with Crippen molar-refractivity contribution in [2.75, 3.05) is 0 Å². The van der Waals surface area contributed by atoms with E-state index >= 15 is 0 Å². The van der Waals surface area contributed by atoms with Crippen LogP contribution in [0.25, 0.3) is 56.7 Å².